The number of rotatable bonds is 4. The molecule has 0 saturated carbocycles. The van der Waals surface area contributed by atoms with Crippen molar-refractivity contribution < 1.29 is 14.3 Å². The molecule has 1 aliphatic heterocycles. The number of Topliss-reactive ketones (excluding diaryl/α,β-unsaturated/α-hetero) is 1. The zero-order chi connectivity index (χ0) is 22.4. The topological polar surface area (TPSA) is 78.3 Å². The smallest absolute Gasteiger partial charge is 0.226 e. The third-order valence-electron chi connectivity index (χ3n) is 6.37. The van der Waals surface area contributed by atoms with Gasteiger partial charge in [0.2, 0.25) is 5.95 Å². The van der Waals surface area contributed by atoms with Crippen LogP contribution in [-0.2, 0) is 4.79 Å². The third-order valence-corrected chi connectivity index (χ3v) is 6.37. The van der Waals surface area contributed by atoms with Gasteiger partial charge in [-0.15, -0.1) is 5.10 Å². The average molecular weight is 431 g/mol. The quantitative estimate of drug-likeness (QED) is 0.652. The average Bonchev–Trinajstić information content (AvgIpc) is 3.23. The lowest BCUT2D eigenvalue weighted by Crippen LogP contribution is -2.31. The molecule has 0 radical (unpaired) electrons. The van der Waals surface area contributed by atoms with Crippen LogP contribution in [0, 0.1) is 13.8 Å². The molecule has 1 unspecified atom stereocenters. The summed E-state index contributed by atoms with van der Waals surface area (Å²) >= 11 is 0. The third kappa shape index (κ3) is 3.25. The van der Waals surface area contributed by atoms with Crippen LogP contribution in [-0.4, -0.2) is 34.8 Å². The van der Waals surface area contributed by atoms with E-state index in [-0.39, 0.29) is 5.78 Å². The van der Waals surface area contributed by atoms with Gasteiger partial charge in [-0.2, -0.15) is 4.98 Å². The summed E-state index contributed by atoms with van der Waals surface area (Å²) in [6, 6.07) is 11.5. The molecule has 0 saturated heterocycles. The minimum atomic E-state index is -0.414. The van der Waals surface area contributed by atoms with E-state index in [1.165, 1.54) is 11.1 Å². The second kappa shape index (κ2) is 7.82. The van der Waals surface area contributed by atoms with Crippen molar-refractivity contribution in [2.24, 2.45) is 0 Å². The van der Waals surface area contributed by atoms with Crippen LogP contribution in [0.1, 0.15) is 42.0 Å². The number of hydrogen-bond acceptors (Lipinski definition) is 6. The fraction of sp³-hybridized carbons (Fsp3) is 0.320. The van der Waals surface area contributed by atoms with Crippen LogP contribution in [0.3, 0.4) is 0 Å². The molecule has 2 aromatic carbocycles. The first-order chi connectivity index (χ1) is 15.5. The molecule has 0 spiro atoms. The van der Waals surface area contributed by atoms with E-state index in [2.05, 4.69) is 31.3 Å². The highest BCUT2D eigenvalue weighted by atomic mass is 16.5. The highest BCUT2D eigenvalue weighted by Crippen LogP contribution is 2.44. The molecule has 7 heteroatoms. The molecule has 164 valence electrons. The Morgan fingerprint density at radius 3 is 2.62 bits per heavy atom. The Labute approximate surface area is 187 Å². The first kappa shape index (κ1) is 20.3. The van der Waals surface area contributed by atoms with Crippen LogP contribution in [0.15, 0.2) is 47.7 Å². The maximum Gasteiger partial charge on any atom is 0.226 e. The Hall–Kier alpha value is -3.61. The molecule has 1 aromatic heterocycles. The van der Waals surface area contributed by atoms with E-state index in [0.29, 0.717) is 29.7 Å². The molecule has 3 aromatic rings. The number of carbonyl (C=O) groups excluding carboxylic acids is 1. The van der Waals surface area contributed by atoms with Gasteiger partial charge in [-0.3, -0.25) is 4.79 Å². The SMILES string of the molecule is COc1ccc(C2C3=C(CCCC3=O)Nc3nc(-c4ccc(C)c(C)c4)nn32)c(OC)c1. The molecule has 0 amide bonds. The number of aromatic nitrogens is 3. The second-order valence-electron chi connectivity index (χ2n) is 8.31. The monoisotopic (exact) mass is 430 g/mol. The largest absolute Gasteiger partial charge is 0.497 e. The predicted octanol–water partition coefficient (Wildman–Crippen LogP) is 4.60. The van der Waals surface area contributed by atoms with Gasteiger partial charge >= 0.3 is 0 Å². The van der Waals surface area contributed by atoms with Gasteiger partial charge in [-0.25, -0.2) is 4.68 Å². The van der Waals surface area contributed by atoms with E-state index >= 15 is 0 Å². The zero-order valence-corrected chi connectivity index (χ0v) is 18.7. The summed E-state index contributed by atoms with van der Waals surface area (Å²) in [6.07, 6.45) is 2.17. The molecule has 0 fully saturated rings. The summed E-state index contributed by atoms with van der Waals surface area (Å²) in [5.74, 6) is 2.74. The lowest BCUT2D eigenvalue weighted by atomic mass is 9.85. The summed E-state index contributed by atoms with van der Waals surface area (Å²) in [7, 11) is 3.25. The molecular formula is C25H26N4O3. The lowest BCUT2D eigenvalue weighted by Gasteiger charge is -2.32. The first-order valence-electron chi connectivity index (χ1n) is 10.8. The molecule has 32 heavy (non-hydrogen) atoms. The maximum absolute atomic E-state index is 13.1. The molecule has 0 bridgehead atoms. The Morgan fingerprint density at radius 2 is 1.88 bits per heavy atom. The van der Waals surface area contributed by atoms with Crippen molar-refractivity contribution >= 4 is 11.7 Å². The Morgan fingerprint density at radius 1 is 1.03 bits per heavy atom. The summed E-state index contributed by atoms with van der Waals surface area (Å²) in [4.78, 5) is 17.9. The highest BCUT2D eigenvalue weighted by molar-refractivity contribution is 5.99. The van der Waals surface area contributed by atoms with Crippen molar-refractivity contribution in [2.45, 2.75) is 39.2 Å². The minimum absolute atomic E-state index is 0.135. The summed E-state index contributed by atoms with van der Waals surface area (Å²) in [6.45, 7) is 4.17. The van der Waals surface area contributed by atoms with Crippen LogP contribution in [0.4, 0.5) is 5.95 Å². The van der Waals surface area contributed by atoms with Gasteiger partial charge in [0.15, 0.2) is 11.6 Å². The number of ether oxygens (including phenoxy) is 2. The Kier molecular flexibility index (Phi) is 4.96. The van der Waals surface area contributed by atoms with Crippen molar-refractivity contribution in [1.29, 1.82) is 0 Å². The molecule has 1 atom stereocenters. The number of benzene rings is 2. The number of fused-ring (bicyclic) bond motifs is 1. The number of carbonyl (C=O) groups is 1. The molecule has 1 N–H and O–H groups in total. The Balaban J connectivity index is 1.69. The normalized spacial score (nSPS) is 17.5. The number of allylic oxidation sites excluding steroid dienone is 2. The number of nitrogens with one attached hydrogen (secondary N) is 1. The number of aryl methyl sites for hydroxylation is 2. The molecule has 2 heterocycles. The van der Waals surface area contributed by atoms with Crippen molar-refractivity contribution in [3.63, 3.8) is 0 Å². The van der Waals surface area contributed by atoms with Crippen LogP contribution >= 0.6 is 0 Å². The van der Waals surface area contributed by atoms with E-state index in [1.54, 1.807) is 14.2 Å². The van der Waals surface area contributed by atoms with E-state index in [9.17, 15) is 4.79 Å². The number of nitrogens with zero attached hydrogens (tertiary/aromatic N) is 3. The van der Waals surface area contributed by atoms with Gasteiger partial charge in [0, 0.05) is 34.9 Å². The van der Waals surface area contributed by atoms with Crippen molar-refractivity contribution in [2.75, 3.05) is 19.5 Å². The minimum Gasteiger partial charge on any atom is -0.497 e. The standard InChI is InChI=1S/C25H26N4O3/c1-14-8-9-16(12-15(14)2)24-27-25-26-19-6-5-7-20(30)22(19)23(29(25)28-24)18-11-10-17(31-3)13-21(18)32-4/h8-13,23H,5-7H2,1-4H3,(H,26,27,28). The zero-order valence-electron chi connectivity index (χ0n) is 18.7. The van der Waals surface area contributed by atoms with Crippen LogP contribution in [0.2, 0.25) is 0 Å². The van der Waals surface area contributed by atoms with Gasteiger partial charge in [-0.1, -0.05) is 12.1 Å². The number of ketones is 1. The fourth-order valence-electron chi connectivity index (χ4n) is 4.49. The molecule has 1 aliphatic carbocycles. The van der Waals surface area contributed by atoms with Crippen molar-refractivity contribution in [3.8, 4) is 22.9 Å². The maximum atomic E-state index is 13.1. The van der Waals surface area contributed by atoms with Crippen LogP contribution in [0.25, 0.3) is 11.4 Å². The van der Waals surface area contributed by atoms with E-state index in [0.717, 1.165) is 35.2 Å². The summed E-state index contributed by atoms with van der Waals surface area (Å²) in [5.41, 5.74) is 5.87. The molecule has 7 nitrogen and oxygen atoms in total. The fourth-order valence-corrected chi connectivity index (χ4v) is 4.49. The van der Waals surface area contributed by atoms with Gasteiger partial charge in [0.05, 0.1) is 14.2 Å². The highest BCUT2D eigenvalue weighted by Gasteiger charge is 2.38. The second-order valence-corrected chi connectivity index (χ2v) is 8.31. The van der Waals surface area contributed by atoms with E-state index in [1.807, 2.05) is 28.9 Å². The Bertz CT molecular complexity index is 1260. The van der Waals surface area contributed by atoms with Gasteiger partial charge in [-0.05, 0) is 56.0 Å². The van der Waals surface area contributed by atoms with Gasteiger partial charge in [0.25, 0.3) is 0 Å². The van der Waals surface area contributed by atoms with Gasteiger partial charge < -0.3 is 14.8 Å². The number of anilines is 1. The number of methoxy groups -OCH3 is 2. The van der Waals surface area contributed by atoms with Gasteiger partial charge in [0.1, 0.15) is 17.5 Å². The van der Waals surface area contributed by atoms with Crippen LogP contribution in [0.5, 0.6) is 11.5 Å². The number of hydrogen-bond donors (Lipinski definition) is 1. The molecule has 5 rings (SSSR count). The first-order valence-corrected chi connectivity index (χ1v) is 10.8. The van der Waals surface area contributed by atoms with Crippen molar-refractivity contribution in [1.82, 2.24) is 14.8 Å². The van der Waals surface area contributed by atoms with Crippen molar-refractivity contribution in [3.05, 3.63) is 64.4 Å². The summed E-state index contributed by atoms with van der Waals surface area (Å²) < 4.78 is 12.9. The van der Waals surface area contributed by atoms with E-state index < -0.39 is 6.04 Å². The molecular weight excluding hydrogens is 404 g/mol. The summed E-state index contributed by atoms with van der Waals surface area (Å²) in [5, 5.41) is 8.25. The molecule has 2 aliphatic rings. The lowest BCUT2D eigenvalue weighted by molar-refractivity contribution is -0.116. The van der Waals surface area contributed by atoms with Crippen LogP contribution < -0.4 is 14.8 Å². The predicted molar refractivity (Wildman–Crippen MR) is 122 cm³/mol. The van der Waals surface area contributed by atoms with E-state index in [4.69, 9.17) is 19.6 Å².